The number of hydrogen-bond acceptors (Lipinski definition) is 7. The van der Waals surface area contributed by atoms with Crippen LogP contribution in [0.1, 0.15) is 27.4 Å². The molecule has 194 valence electrons. The van der Waals surface area contributed by atoms with Crippen molar-refractivity contribution in [3.63, 3.8) is 0 Å². The van der Waals surface area contributed by atoms with Crippen molar-refractivity contribution >= 4 is 35.0 Å². The number of nitrogens with zero attached hydrogens (tertiary/aromatic N) is 4. The first-order chi connectivity index (χ1) is 18.5. The van der Waals surface area contributed by atoms with Gasteiger partial charge in [-0.1, -0.05) is 60.3 Å². The van der Waals surface area contributed by atoms with Crippen LogP contribution >= 0.6 is 11.8 Å². The minimum Gasteiger partial charge on any atom is -0.416 e. The molecule has 1 aliphatic rings. The third-order valence-corrected chi connectivity index (χ3v) is 7.25. The second-order valence-corrected chi connectivity index (χ2v) is 10.0. The van der Waals surface area contributed by atoms with Gasteiger partial charge in [0.2, 0.25) is 11.8 Å². The molecular formula is C29H29N5O3S. The molecule has 9 heteroatoms. The molecule has 1 aliphatic heterocycles. The summed E-state index contributed by atoms with van der Waals surface area (Å²) in [5.41, 5.74) is 4.65. The fraction of sp³-hybridized carbons (Fsp3) is 0.241. The molecule has 1 saturated heterocycles. The predicted octanol–water partition coefficient (Wildman–Crippen LogP) is 4.66. The second-order valence-electron chi connectivity index (χ2n) is 9.10. The van der Waals surface area contributed by atoms with Crippen LogP contribution in [-0.4, -0.2) is 58.8 Å². The highest BCUT2D eigenvalue weighted by atomic mass is 32.2. The van der Waals surface area contributed by atoms with Crippen molar-refractivity contribution < 1.29 is 14.0 Å². The van der Waals surface area contributed by atoms with E-state index in [2.05, 4.69) is 20.4 Å². The Morgan fingerprint density at radius 2 is 1.61 bits per heavy atom. The first-order valence-corrected chi connectivity index (χ1v) is 13.5. The monoisotopic (exact) mass is 527 g/mol. The van der Waals surface area contributed by atoms with Crippen LogP contribution in [0.5, 0.6) is 0 Å². The minimum atomic E-state index is -0.145. The maximum Gasteiger partial charge on any atom is 0.277 e. The maximum absolute atomic E-state index is 12.9. The molecule has 0 aliphatic carbocycles. The molecule has 2 heterocycles. The van der Waals surface area contributed by atoms with Crippen molar-refractivity contribution in [2.24, 2.45) is 0 Å². The zero-order valence-corrected chi connectivity index (χ0v) is 22.0. The standard InChI is InChI=1S/C29H29N5O3S/c1-21-7-5-6-10-25(21)28(36)34-17-15-33(16-18-34)24-13-11-23(12-14-24)30-26(35)20-38-29-32-31-27(37-29)19-22-8-3-2-4-9-22/h2-14H,15-20H2,1H3,(H,30,35). The van der Waals surface area contributed by atoms with Crippen LogP contribution in [0, 0.1) is 6.92 Å². The molecular weight excluding hydrogens is 498 g/mol. The first kappa shape index (κ1) is 25.5. The van der Waals surface area contributed by atoms with Crippen molar-refractivity contribution in [1.82, 2.24) is 15.1 Å². The molecule has 1 aromatic heterocycles. The number of thioether (sulfide) groups is 1. The SMILES string of the molecule is Cc1ccccc1C(=O)N1CCN(c2ccc(NC(=O)CSc3nnc(Cc4ccccc4)o3)cc2)CC1. The van der Waals surface area contributed by atoms with Crippen molar-refractivity contribution in [2.75, 3.05) is 42.1 Å². The van der Waals surface area contributed by atoms with E-state index in [-0.39, 0.29) is 17.6 Å². The number of aromatic nitrogens is 2. The van der Waals surface area contributed by atoms with Crippen LogP contribution in [0.15, 0.2) is 88.5 Å². The fourth-order valence-electron chi connectivity index (χ4n) is 4.37. The normalized spacial score (nSPS) is 13.4. The van der Waals surface area contributed by atoms with Gasteiger partial charge in [0, 0.05) is 43.1 Å². The van der Waals surface area contributed by atoms with Crippen molar-refractivity contribution in [3.05, 3.63) is 101 Å². The van der Waals surface area contributed by atoms with E-state index < -0.39 is 0 Å². The van der Waals surface area contributed by atoms with Gasteiger partial charge in [-0.05, 0) is 48.4 Å². The number of carbonyl (C=O) groups is 2. The van der Waals surface area contributed by atoms with Gasteiger partial charge in [0.15, 0.2) is 0 Å². The Hall–Kier alpha value is -4.11. The van der Waals surface area contributed by atoms with Gasteiger partial charge in [0.05, 0.1) is 12.2 Å². The lowest BCUT2D eigenvalue weighted by molar-refractivity contribution is -0.113. The smallest absolute Gasteiger partial charge is 0.277 e. The summed E-state index contributed by atoms with van der Waals surface area (Å²) < 4.78 is 5.65. The molecule has 5 rings (SSSR count). The Morgan fingerprint density at radius 3 is 2.34 bits per heavy atom. The molecule has 1 fully saturated rings. The average Bonchev–Trinajstić information content (AvgIpc) is 3.40. The van der Waals surface area contributed by atoms with E-state index in [1.54, 1.807) is 0 Å². The summed E-state index contributed by atoms with van der Waals surface area (Å²) in [5, 5.41) is 11.4. The minimum absolute atomic E-state index is 0.0895. The Bertz CT molecular complexity index is 1380. The highest BCUT2D eigenvalue weighted by Gasteiger charge is 2.23. The number of aryl methyl sites for hydroxylation is 1. The first-order valence-electron chi connectivity index (χ1n) is 12.5. The summed E-state index contributed by atoms with van der Waals surface area (Å²) in [7, 11) is 0. The number of anilines is 2. The topological polar surface area (TPSA) is 91.6 Å². The molecule has 3 aromatic carbocycles. The molecule has 4 aromatic rings. The third kappa shape index (κ3) is 6.41. The maximum atomic E-state index is 12.9. The van der Waals surface area contributed by atoms with Crippen molar-refractivity contribution in [1.29, 1.82) is 0 Å². The number of carbonyl (C=O) groups excluding carboxylic acids is 2. The van der Waals surface area contributed by atoms with E-state index in [1.807, 2.05) is 90.7 Å². The van der Waals surface area contributed by atoms with Crippen LogP contribution in [-0.2, 0) is 11.2 Å². The van der Waals surface area contributed by atoms with Crippen LogP contribution < -0.4 is 10.2 Å². The molecule has 0 atom stereocenters. The van der Waals surface area contributed by atoms with Gasteiger partial charge in [-0.15, -0.1) is 10.2 Å². The zero-order chi connectivity index (χ0) is 26.3. The van der Waals surface area contributed by atoms with Gasteiger partial charge in [-0.3, -0.25) is 9.59 Å². The van der Waals surface area contributed by atoms with E-state index in [4.69, 9.17) is 4.42 Å². The molecule has 38 heavy (non-hydrogen) atoms. The number of nitrogens with one attached hydrogen (secondary N) is 1. The number of piperazine rings is 1. The lowest BCUT2D eigenvalue weighted by Gasteiger charge is -2.36. The van der Waals surface area contributed by atoms with Gasteiger partial charge in [-0.2, -0.15) is 0 Å². The van der Waals surface area contributed by atoms with Crippen LogP contribution in [0.25, 0.3) is 0 Å². The number of hydrogen-bond donors (Lipinski definition) is 1. The number of benzene rings is 3. The molecule has 0 radical (unpaired) electrons. The Kier molecular flexibility index (Phi) is 8.04. The molecule has 2 amide bonds. The van der Waals surface area contributed by atoms with Crippen LogP contribution in [0.3, 0.4) is 0 Å². The lowest BCUT2D eigenvalue weighted by atomic mass is 10.1. The largest absolute Gasteiger partial charge is 0.416 e. The molecule has 0 bridgehead atoms. The van der Waals surface area contributed by atoms with Gasteiger partial charge in [-0.25, -0.2) is 0 Å². The summed E-state index contributed by atoms with van der Waals surface area (Å²) in [4.78, 5) is 29.5. The molecule has 1 N–H and O–H groups in total. The Morgan fingerprint density at radius 1 is 0.895 bits per heavy atom. The quantitative estimate of drug-likeness (QED) is 0.333. The summed E-state index contributed by atoms with van der Waals surface area (Å²) in [5.74, 6) is 0.640. The highest BCUT2D eigenvalue weighted by molar-refractivity contribution is 7.99. The summed E-state index contributed by atoms with van der Waals surface area (Å²) in [6.07, 6.45) is 0.561. The highest BCUT2D eigenvalue weighted by Crippen LogP contribution is 2.22. The van der Waals surface area contributed by atoms with E-state index in [0.717, 1.165) is 41.2 Å². The Labute approximate surface area is 226 Å². The van der Waals surface area contributed by atoms with Crippen molar-refractivity contribution in [3.8, 4) is 0 Å². The number of rotatable bonds is 8. The molecule has 0 spiro atoms. The number of amides is 2. The van der Waals surface area contributed by atoms with Gasteiger partial charge >= 0.3 is 0 Å². The predicted molar refractivity (Wildman–Crippen MR) is 149 cm³/mol. The summed E-state index contributed by atoms with van der Waals surface area (Å²) in [6.45, 7) is 4.83. The molecule has 8 nitrogen and oxygen atoms in total. The van der Waals surface area contributed by atoms with E-state index >= 15 is 0 Å². The molecule has 0 unspecified atom stereocenters. The van der Waals surface area contributed by atoms with Gasteiger partial charge in [0.25, 0.3) is 11.1 Å². The molecule has 0 saturated carbocycles. The lowest BCUT2D eigenvalue weighted by Crippen LogP contribution is -2.48. The van der Waals surface area contributed by atoms with Crippen molar-refractivity contribution in [2.45, 2.75) is 18.6 Å². The third-order valence-electron chi connectivity index (χ3n) is 6.43. The van der Waals surface area contributed by atoms with Gasteiger partial charge in [0.1, 0.15) is 0 Å². The van der Waals surface area contributed by atoms with E-state index in [1.165, 1.54) is 11.8 Å². The van der Waals surface area contributed by atoms with E-state index in [0.29, 0.717) is 30.6 Å². The fourth-order valence-corrected chi connectivity index (χ4v) is 4.95. The zero-order valence-electron chi connectivity index (χ0n) is 21.2. The van der Waals surface area contributed by atoms with E-state index in [9.17, 15) is 9.59 Å². The van der Waals surface area contributed by atoms with Crippen LogP contribution in [0.2, 0.25) is 0 Å². The summed E-state index contributed by atoms with van der Waals surface area (Å²) in [6, 6.07) is 25.4. The Balaban J connectivity index is 1.07. The average molecular weight is 528 g/mol. The van der Waals surface area contributed by atoms with Crippen LogP contribution in [0.4, 0.5) is 11.4 Å². The second kappa shape index (κ2) is 12.0. The summed E-state index contributed by atoms with van der Waals surface area (Å²) >= 11 is 1.21. The van der Waals surface area contributed by atoms with Gasteiger partial charge < -0.3 is 19.5 Å².